The van der Waals surface area contributed by atoms with Crippen molar-refractivity contribution in [2.24, 2.45) is 5.73 Å². The van der Waals surface area contributed by atoms with Gasteiger partial charge in [0.15, 0.2) is 0 Å². The molecule has 0 aliphatic rings. The van der Waals surface area contributed by atoms with Crippen LogP contribution in [0.5, 0.6) is 5.75 Å². The van der Waals surface area contributed by atoms with E-state index in [1.54, 1.807) is 24.3 Å². The average Bonchev–Trinajstić information content (AvgIpc) is 2.45. The van der Waals surface area contributed by atoms with Crippen molar-refractivity contribution in [2.75, 3.05) is 6.54 Å². The van der Waals surface area contributed by atoms with Crippen LogP contribution in [0.2, 0.25) is 0 Å². The first-order valence-corrected chi connectivity index (χ1v) is 6.05. The lowest BCUT2D eigenvalue weighted by molar-refractivity contribution is 0.292. The minimum atomic E-state index is -0.621. The summed E-state index contributed by atoms with van der Waals surface area (Å²) in [6.45, 7) is 0.0950. The highest BCUT2D eigenvalue weighted by Crippen LogP contribution is 2.17. The van der Waals surface area contributed by atoms with Crippen molar-refractivity contribution in [1.82, 2.24) is 0 Å². The van der Waals surface area contributed by atoms with Crippen molar-refractivity contribution in [1.29, 1.82) is 0 Å². The van der Waals surface area contributed by atoms with Crippen LogP contribution in [-0.4, -0.2) is 6.54 Å². The molecule has 2 N–H and O–H groups in total. The predicted octanol–water partition coefficient (Wildman–Crippen LogP) is 2.85. The maximum Gasteiger partial charge on any atom is 0.132 e. The van der Waals surface area contributed by atoms with Gasteiger partial charge in [-0.2, -0.15) is 0 Å². The van der Waals surface area contributed by atoms with Gasteiger partial charge in [0.25, 0.3) is 0 Å². The van der Waals surface area contributed by atoms with E-state index < -0.39 is 11.6 Å². The fourth-order valence-electron chi connectivity index (χ4n) is 1.64. The molecule has 0 saturated heterocycles. The number of hydrogen-bond donors (Lipinski definition) is 1. The number of ether oxygens (including phenoxy) is 1. The zero-order valence-corrected chi connectivity index (χ0v) is 10.7. The second kappa shape index (κ2) is 6.69. The Labute approximate surface area is 116 Å². The van der Waals surface area contributed by atoms with Crippen LogP contribution in [0.4, 0.5) is 8.78 Å². The molecule has 0 aliphatic heterocycles. The summed E-state index contributed by atoms with van der Waals surface area (Å²) in [7, 11) is 0. The third kappa shape index (κ3) is 3.56. The van der Waals surface area contributed by atoms with E-state index in [-0.39, 0.29) is 18.7 Å². The summed E-state index contributed by atoms with van der Waals surface area (Å²) in [5.74, 6) is 4.84. The van der Waals surface area contributed by atoms with E-state index >= 15 is 0 Å². The second-order valence-electron chi connectivity index (χ2n) is 4.02. The van der Waals surface area contributed by atoms with Gasteiger partial charge in [0.05, 0.1) is 12.1 Å². The monoisotopic (exact) mass is 273 g/mol. The Balaban J connectivity index is 2.11. The summed E-state index contributed by atoms with van der Waals surface area (Å²) >= 11 is 0. The van der Waals surface area contributed by atoms with Gasteiger partial charge in [0, 0.05) is 5.56 Å². The Morgan fingerprint density at radius 3 is 2.45 bits per heavy atom. The molecule has 2 rings (SSSR count). The lowest BCUT2D eigenvalue weighted by Gasteiger charge is -2.08. The van der Waals surface area contributed by atoms with Crippen molar-refractivity contribution in [3.8, 4) is 17.6 Å². The van der Waals surface area contributed by atoms with Crippen molar-refractivity contribution >= 4 is 0 Å². The molecule has 0 saturated carbocycles. The minimum Gasteiger partial charge on any atom is -0.489 e. The normalized spacial score (nSPS) is 9.75. The molecule has 2 nitrogen and oxygen atoms in total. The van der Waals surface area contributed by atoms with Crippen LogP contribution in [0.15, 0.2) is 42.5 Å². The van der Waals surface area contributed by atoms with Crippen molar-refractivity contribution < 1.29 is 13.5 Å². The molecule has 0 bridgehead atoms. The van der Waals surface area contributed by atoms with Crippen LogP contribution in [-0.2, 0) is 6.61 Å². The Morgan fingerprint density at radius 1 is 1.05 bits per heavy atom. The lowest BCUT2D eigenvalue weighted by atomic mass is 10.2. The third-order valence-corrected chi connectivity index (χ3v) is 2.61. The van der Waals surface area contributed by atoms with Crippen molar-refractivity contribution in [3.05, 3.63) is 65.2 Å². The Bertz CT molecular complexity index is 639. The summed E-state index contributed by atoms with van der Waals surface area (Å²) in [5.41, 5.74) is 5.94. The average molecular weight is 273 g/mol. The molecule has 102 valence electrons. The van der Waals surface area contributed by atoms with Gasteiger partial charge in [0.1, 0.15) is 24.0 Å². The molecule has 0 amide bonds. The van der Waals surface area contributed by atoms with Gasteiger partial charge in [-0.05, 0) is 30.3 Å². The van der Waals surface area contributed by atoms with Crippen LogP contribution in [0.3, 0.4) is 0 Å². The van der Waals surface area contributed by atoms with Gasteiger partial charge < -0.3 is 10.5 Å². The minimum absolute atomic E-state index is 0.0917. The van der Waals surface area contributed by atoms with Gasteiger partial charge in [-0.1, -0.05) is 24.0 Å². The van der Waals surface area contributed by atoms with Gasteiger partial charge in [-0.15, -0.1) is 0 Å². The van der Waals surface area contributed by atoms with Gasteiger partial charge >= 0.3 is 0 Å². The highest BCUT2D eigenvalue weighted by atomic mass is 19.1. The maximum atomic E-state index is 13.4. The van der Waals surface area contributed by atoms with Crippen molar-refractivity contribution in [3.63, 3.8) is 0 Å². The molecule has 20 heavy (non-hydrogen) atoms. The standard InChI is InChI=1S/C16H13F2NO/c17-15-7-2-8-16(18)14(15)11-20-13-6-1-4-12(10-13)5-3-9-19/h1-2,4,6-8,10H,9,11,19H2. The Morgan fingerprint density at radius 2 is 1.75 bits per heavy atom. The van der Waals surface area contributed by atoms with E-state index in [1.807, 2.05) is 0 Å². The number of rotatable bonds is 3. The number of benzene rings is 2. The topological polar surface area (TPSA) is 35.2 Å². The van der Waals surface area contributed by atoms with Crippen LogP contribution >= 0.6 is 0 Å². The summed E-state index contributed by atoms with van der Waals surface area (Å²) < 4.78 is 32.3. The number of hydrogen-bond acceptors (Lipinski definition) is 2. The largest absolute Gasteiger partial charge is 0.489 e. The molecule has 0 aromatic heterocycles. The van der Waals surface area contributed by atoms with Crippen molar-refractivity contribution in [2.45, 2.75) is 6.61 Å². The van der Waals surface area contributed by atoms with Crippen LogP contribution in [0.1, 0.15) is 11.1 Å². The van der Waals surface area contributed by atoms with E-state index in [2.05, 4.69) is 11.8 Å². The smallest absolute Gasteiger partial charge is 0.132 e. The molecule has 4 heteroatoms. The van der Waals surface area contributed by atoms with E-state index in [1.165, 1.54) is 18.2 Å². The second-order valence-corrected chi connectivity index (χ2v) is 4.02. The fourth-order valence-corrected chi connectivity index (χ4v) is 1.64. The molecule has 0 radical (unpaired) electrons. The molecular weight excluding hydrogens is 260 g/mol. The zero-order chi connectivity index (χ0) is 14.4. The lowest BCUT2D eigenvalue weighted by Crippen LogP contribution is -2.01. The van der Waals surface area contributed by atoms with Gasteiger partial charge in [-0.25, -0.2) is 8.78 Å². The SMILES string of the molecule is NCC#Cc1cccc(OCc2c(F)cccc2F)c1. The first-order valence-electron chi connectivity index (χ1n) is 6.05. The molecule has 0 heterocycles. The Hall–Kier alpha value is -2.38. The first-order chi connectivity index (χ1) is 9.70. The molecule has 0 unspecified atom stereocenters. The van der Waals surface area contributed by atoms with Gasteiger partial charge in [-0.3, -0.25) is 0 Å². The van der Waals surface area contributed by atoms with Crippen LogP contribution < -0.4 is 10.5 Å². The molecule has 0 fully saturated rings. The summed E-state index contributed by atoms with van der Waals surface area (Å²) in [6.07, 6.45) is 0. The zero-order valence-electron chi connectivity index (χ0n) is 10.7. The first kappa shape index (κ1) is 14.0. The molecule has 2 aromatic carbocycles. The molecule has 0 aliphatic carbocycles. The summed E-state index contributed by atoms with van der Waals surface area (Å²) in [6, 6.07) is 10.7. The number of nitrogens with two attached hydrogens (primary N) is 1. The van der Waals surface area contributed by atoms with E-state index in [9.17, 15) is 8.78 Å². The van der Waals surface area contributed by atoms with E-state index in [0.717, 1.165) is 5.56 Å². The molecular formula is C16H13F2NO. The molecule has 0 atom stereocenters. The van der Waals surface area contributed by atoms with E-state index in [4.69, 9.17) is 10.5 Å². The fraction of sp³-hybridized carbons (Fsp3) is 0.125. The van der Waals surface area contributed by atoms with Crippen LogP contribution in [0.25, 0.3) is 0 Å². The maximum absolute atomic E-state index is 13.4. The quantitative estimate of drug-likeness (QED) is 0.873. The van der Waals surface area contributed by atoms with Gasteiger partial charge in [0.2, 0.25) is 0 Å². The number of halogens is 2. The molecule has 2 aromatic rings. The highest BCUT2D eigenvalue weighted by molar-refractivity contribution is 5.40. The molecule has 0 spiro atoms. The Kier molecular flexibility index (Phi) is 4.70. The summed E-state index contributed by atoms with van der Waals surface area (Å²) in [4.78, 5) is 0. The highest BCUT2D eigenvalue weighted by Gasteiger charge is 2.08. The predicted molar refractivity (Wildman–Crippen MR) is 73.1 cm³/mol. The van der Waals surface area contributed by atoms with Crippen LogP contribution in [0, 0.1) is 23.5 Å². The third-order valence-electron chi connectivity index (χ3n) is 2.61. The summed E-state index contributed by atoms with van der Waals surface area (Å²) in [5, 5.41) is 0. The van der Waals surface area contributed by atoms with E-state index in [0.29, 0.717) is 5.75 Å².